The van der Waals surface area contributed by atoms with Gasteiger partial charge < -0.3 is 0 Å². The molecule has 1 aliphatic rings. The third-order valence-corrected chi connectivity index (χ3v) is 1.68. The maximum atomic E-state index is 2.38. The smallest absolute Gasteiger partial charge is 0.0169 e. The fraction of sp³-hybridized carbons (Fsp3) is 0.500. The Labute approximate surface area is 63.6 Å². The summed E-state index contributed by atoms with van der Waals surface area (Å²) in [4.78, 5) is 0. The Morgan fingerprint density at radius 2 is 1.20 bits per heavy atom. The molecule has 55 valence electrons. The van der Waals surface area contributed by atoms with Gasteiger partial charge in [0, 0.05) is 0 Å². The Morgan fingerprint density at radius 3 is 1.80 bits per heavy atom. The quantitative estimate of drug-likeness (QED) is 0.447. The maximum Gasteiger partial charge on any atom is -0.0169 e. The van der Waals surface area contributed by atoms with E-state index < -0.39 is 0 Å². The molecule has 0 spiro atoms. The Balaban J connectivity index is 2.25. The van der Waals surface area contributed by atoms with Crippen LogP contribution in [-0.4, -0.2) is 0 Å². The summed E-state index contributed by atoms with van der Waals surface area (Å²) in [7, 11) is 0. The minimum atomic E-state index is 1.12. The van der Waals surface area contributed by atoms with Crippen LogP contribution in [0.25, 0.3) is 0 Å². The second kappa shape index (κ2) is 5.28. The van der Waals surface area contributed by atoms with Gasteiger partial charge in [-0.1, -0.05) is 24.3 Å². The number of hydrogen-bond donors (Lipinski definition) is 0. The maximum absolute atomic E-state index is 2.38. The molecule has 0 saturated heterocycles. The summed E-state index contributed by atoms with van der Waals surface area (Å²) in [5.41, 5.74) is 0. The van der Waals surface area contributed by atoms with E-state index in [9.17, 15) is 0 Å². The molecular formula is C10H15. The van der Waals surface area contributed by atoms with Crippen LogP contribution in [0.1, 0.15) is 32.1 Å². The van der Waals surface area contributed by atoms with Crippen LogP contribution in [-0.2, 0) is 0 Å². The van der Waals surface area contributed by atoms with Gasteiger partial charge in [-0.3, -0.25) is 0 Å². The van der Waals surface area contributed by atoms with Gasteiger partial charge in [0.2, 0.25) is 0 Å². The average molecular weight is 135 g/mol. The molecule has 0 heteroatoms. The van der Waals surface area contributed by atoms with E-state index in [0.29, 0.717) is 0 Å². The van der Waals surface area contributed by atoms with E-state index >= 15 is 0 Å². The van der Waals surface area contributed by atoms with Crippen molar-refractivity contribution in [3.05, 3.63) is 30.7 Å². The first-order chi connectivity index (χ1) is 5.00. The Kier molecular flexibility index (Phi) is 4.00. The molecule has 0 aromatic rings. The van der Waals surface area contributed by atoms with Crippen molar-refractivity contribution in [2.45, 2.75) is 32.1 Å². The largest absolute Gasteiger partial charge is 0.0882 e. The Morgan fingerprint density at radius 1 is 0.600 bits per heavy atom. The van der Waals surface area contributed by atoms with Gasteiger partial charge in [0.15, 0.2) is 0 Å². The first kappa shape index (κ1) is 7.59. The molecule has 0 nitrogen and oxygen atoms in total. The monoisotopic (exact) mass is 135 g/mol. The molecule has 0 amide bonds. The Hall–Kier alpha value is -0.520. The van der Waals surface area contributed by atoms with Gasteiger partial charge in [-0.05, 0) is 38.5 Å². The second-order valence-electron chi connectivity index (χ2n) is 2.62. The lowest BCUT2D eigenvalue weighted by Crippen LogP contribution is -1.77. The van der Waals surface area contributed by atoms with Gasteiger partial charge in [0.25, 0.3) is 0 Å². The topological polar surface area (TPSA) is 0 Å². The molecular weight excluding hydrogens is 120 g/mol. The van der Waals surface area contributed by atoms with Crippen LogP contribution in [0.15, 0.2) is 24.3 Å². The number of allylic oxidation sites excluding steroid dienone is 4. The summed E-state index contributed by atoms with van der Waals surface area (Å²) in [6, 6.07) is 0. The lowest BCUT2D eigenvalue weighted by atomic mass is 10.1. The molecule has 1 radical (unpaired) electrons. The predicted octanol–water partition coefficient (Wildman–Crippen LogP) is 3.27. The van der Waals surface area contributed by atoms with Crippen molar-refractivity contribution in [1.29, 1.82) is 0 Å². The standard InChI is InChI=1S/C10H15/c1-2-4-6-8-10-9-7-5-3-1/h1-2,5,7-8H,3-4,6,9-10H2. The van der Waals surface area contributed by atoms with Gasteiger partial charge in [-0.15, -0.1) is 0 Å². The molecule has 1 rings (SSSR count). The molecule has 0 aromatic carbocycles. The first-order valence-corrected chi connectivity index (χ1v) is 4.12. The predicted molar refractivity (Wildman–Crippen MR) is 45.7 cm³/mol. The van der Waals surface area contributed by atoms with Crippen LogP contribution in [0.5, 0.6) is 0 Å². The van der Waals surface area contributed by atoms with Crippen molar-refractivity contribution in [2.75, 3.05) is 0 Å². The molecule has 0 heterocycles. The first-order valence-electron chi connectivity index (χ1n) is 4.12. The summed E-state index contributed by atoms with van der Waals surface area (Å²) < 4.78 is 0. The summed E-state index contributed by atoms with van der Waals surface area (Å²) in [6.45, 7) is 0. The van der Waals surface area contributed by atoms with E-state index in [-0.39, 0.29) is 0 Å². The van der Waals surface area contributed by atoms with E-state index in [2.05, 4.69) is 30.7 Å². The van der Waals surface area contributed by atoms with Crippen molar-refractivity contribution >= 4 is 0 Å². The summed E-state index contributed by atoms with van der Waals surface area (Å²) in [5.74, 6) is 0. The fourth-order valence-corrected chi connectivity index (χ4v) is 1.08. The normalized spacial score (nSPS) is 20.8. The third kappa shape index (κ3) is 3.49. The van der Waals surface area contributed by atoms with E-state index in [4.69, 9.17) is 0 Å². The van der Waals surface area contributed by atoms with Crippen LogP contribution in [0, 0.1) is 6.42 Å². The molecule has 0 bridgehead atoms. The van der Waals surface area contributed by atoms with Crippen LogP contribution in [0.3, 0.4) is 0 Å². The van der Waals surface area contributed by atoms with Gasteiger partial charge in [0.05, 0.1) is 0 Å². The minimum Gasteiger partial charge on any atom is -0.0882 e. The average Bonchev–Trinajstić information content (AvgIpc) is 2.01. The Bertz CT molecular complexity index is 106. The van der Waals surface area contributed by atoms with Crippen molar-refractivity contribution in [2.24, 2.45) is 0 Å². The van der Waals surface area contributed by atoms with Crippen molar-refractivity contribution < 1.29 is 0 Å². The molecule has 0 N–H and O–H groups in total. The molecule has 0 saturated carbocycles. The zero-order valence-corrected chi connectivity index (χ0v) is 6.42. The lowest BCUT2D eigenvalue weighted by molar-refractivity contribution is 0.850. The summed E-state index contributed by atoms with van der Waals surface area (Å²) in [5, 5.41) is 0. The fourth-order valence-electron chi connectivity index (χ4n) is 1.08. The van der Waals surface area contributed by atoms with Gasteiger partial charge in [-0.25, -0.2) is 0 Å². The molecule has 0 unspecified atom stereocenters. The zero-order chi connectivity index (χ0) is 7.07. The second-order valence-corrected chi connectivity index (χ2v) is 2.62. The lowest BCUT2D eigenvalue weighted by Gasteiger charge is -1.96. The highest BCUT2D eigenvalue weighted by molar-refractivity contribution is 4.95. The van der Waals surface area contributed by atoms with E-state index in [1.165, 1.54) is 25.7 Å². The highest BCUT2D eigenvalue weighted by Crippen LogP contribution is 2.05. The summed E-state index contributed by atoms with van der Waals surface area (Å²) in [6.07, 6.45) is 17.5. The highest BCUT2D eigenvalue weighted by atomic mass is 13.9. The van der Waals surface area contributed by atoms with Crippen molar-refractivity contribution in [3.8, 4) is 0 Å². The van der Waals surface area contributed by atoms with Gasteiger partial charge in [0.1, 0.15) is 0 Å². The minimum absolute atomic E-state index is 1.12. The zero-order valence-electron chi connectivity index (χ0n) is 6.42. The summed E-state index contributed by atoms with van der Waals surface area (Å²) >= 11 is 0. The van der Waals surface area contributed by atoms with Crippen LogP contribution < -0.4 is 0 Å². The number of hydrogen-bond acceptors (Lipinski definition) is 0. The third-order valence-electron chi connectivity index (χ3n) is 1.68. The van der Waals surface area contributed by atoms with E-state index in [0.717, 1.165) is 6.42 Å². The van der Waals surface area contributed by atoms with Crippen molar-refractivity contribution in [1.82, 2.24) is 0 Å². The molecule has 0 fully saturated rings. The number of rotatable bonds is 0. The van der Waals surface area contributed by atoms with E-state index in [1.54, 1.807) is 0 Å². The molecule has 0 aromatic heterocycles. The van der Waals surface area contributed by atoms with Crippen LogP contribution in [0.4, 0.5) is 0 Å². The molecule has 0 aliphatic heterocycles. The van der Waals surface area contributed by atoms with Gasteiger partial charge >= 0.3 is 0 Å². The molecule has 1 aliphatic carbocycles. The van der Waals surface area contributed by atoms with E-state index in [1.807, 2.05) is 0 Å². The molecule has 10 heavy (non-hydrogen) atoms. The van der Waals surface area contributed by atoms with Crippen LogP contribution in [0.2, 0.25) is 0 Å². The van der Waals surface area contributed by atoms with Gasteiger partial charge in [-0.2, -0.15) is 0 Å². The van der Waals surface area contributed by atoms with Crippen molar-refractivity contribution in [3.63, 3.8) is 0 Å². The SMILES string of the molecule is [CH]1CCC=CCC=CCC1. The molecule has 0 atom stereocenters. The highest BCUT2D eigenvalue weighted by Gasteiger charge is 1.87. The van der Waals surface area contributed by atoms with Crippen LogP contribution >= 0.6 is 0 Å².